The van der Waals surface area contributed by atoms with E-state index in [2.05, 4.69) is 20.7 Å². The molecule has 0 atom stereocenters. The number of nitro benzene ring substituents is 1. The van der Waals surface area contributed by atoms with E-state index in [1.54, 1.807) is 6.92 Å². The Morgan fingerprint density at radius 3 is 2.82 bits per heavy atom. The molecule has 0 bridgehead atoms. The number of nitro groups is 1. The third kappa shape index (κ3) is 4.03. The van der Waals surface area contributed by atoms with E-state index in [1.165, 1.54) is 18.2 Å². The molecule has 0 aromatic heterocycles. The molecule has 0 radical (unpaired) electrons. The Kier molecular flexibility index (Phi) is 4.89. The van der Waals surface area contributed by atoms with Gasteiger partial charge >= 0.3 is 11.7 Å². The highest BCUT2D eigenvalue weighted by Crippen LogP contribution is 2.29. The molecular formula is C10H10BrNO5. The topological polar surface area (TPSA) is 78.7 Å². The first-order chi connectivity index (χ1) is 8.04. The van der Waals surface area contributed by atoms with Gasteiger partial charge < -0.3 is 9.47 Å². The molecule has 0 saturated carbocycles. The van der Waals surface area contributed by atoms with E-state index >= 15 is 0 Å². The molecule has 0 fully saturated rings. The van der Waals surface area contributed by atoms with E-state index in [9.17, 15) is 14.9 Å². The number of carbonyl (C=O) groups excluding carboxylic acids is 1. The van der Waals surface area contributed by atoms with Crippen LogP contribution in [0.4, 0.5) is 5.69 Å². The number of nitrogens with zero attached hydrogens (tertiary/aromatic N) is 1. The van der Waals surface area contributed by atoms with E-state index in [1.807, 2.05) is 0 Å². The summed E-state index contributed by atoms with van der Waals surface area (Å²) >= 11 is 3.16. The maximum atomic E-state index is 11.1. The van der Waals surface area contributed by atoms with Crippen molar-refractivity contribution in [2.45, 2.75) is 6.92 Å². The van der Waals surface area contributed by atoms with Crippen LogP contribution in [0.1, 0.15) is 6.92 Å². The highest BCUT2D eigenvalue weighted by molar-refractivity contribution is 9.10. The Bertz CT molecular complexity index is 435. The normalized spacial score (nSPS) is 9.76. The average molecular weight is 304 g/mol. The first-order valence-corrected chi connectivity index (χ1v) is 5.56. The highest BCUT2D eigenvalue weighted by Gasteiger charge is 2.16. The SMILES string of the molecule is CCOC(=O)COc1cc(Br)ccc1[N+](=O)[O-]. The van der Waals surface area contributed by atoms with Crippen LogP contribution in [0.15, 0.2) is 22.7 Å². The van der Waals surface area contributed by atoms with Crippen LogP contribution in [0.25, 0.3) is 0 Å². The van der Waals surface area contributed by atoms with Gasteiger partial charge in [-0.3, -0.25) is 10.1 Å². The summed E-state index contributed by atoms with van der Waals surface area (Å²) in [7, 11) is 0. The first-order valence-electron chi connectivity index (χ1n) is 4.77. The lowest BCUT2D eigenvalue weighted by molar-refractivity contribution is -0.385. The Morgan fingerprint density at radius 1 is 1.53 bits per heavy atom. The van der Waals surface area contributed by atoms with Crippen LogP contribution in [-0.4, -0.2) is 24.1 Å². The summed E-state index contributed by atoms with van der Waals surface area (Å²) in [5, 5.41) is 10.7. The fourth-order valence-corrected chi connectivity index (χ4v) is 1.43. The number of halogens is 1. The van der Waals surface area contributed by atoms with Crippen molar-refractivity contribution < 1.29 is 19.2 Å². The fraction of sp³-hybridized carbons (Fsp3) is 0.300. The van der Waals surface area contributed by atoms with Crippen molar-refractivity contribution in [3.8, 4) is 5.75 Å². The van der Waals surface area contributed by atoms with Crippen LogP contribution in [0.2, 0.25) is 0 Å². The maximum absolute atomic E-state index is 11.1. The lowest BCUT2D eigenvalue weighted by atomic mass is 10.3. The standard InChI is InChI=1S/C10H10BrNO5/c1-2-16-10(13)6-17-9-5-7(11)3-4-8(9)12(14)15/h3-5H,2,6H2,1H3. The Morgan fingerprint density at radius 2 is 2.24 bits per heavy atom. The molecule has 6 nitrogen and oxygen atoms in total. The molecule has 1 aromatic carbocycles. The number of hydrogen-bond acceptors (Lipinski definition) is 5. The monoisotopic (exact) mass is 303 g/mol. The largest absolute Gasteiger partial charge is 0.475 e. The molecule has 0 amide bonds. The van der Waals surface area contributed by atoms with Crippen molar-refractivity contribution in [1.82, 2.24) is 0 Å². The predicted molar refractivity (Wildman–Crippen MR) is 62.9 cm³/mol. The zero-order chi connectivity index (χ0) is 12.8. The van der Waals surface area contributed by atoms with Crippen molar-refractivity contribution in [2.24, 2.45) is 0 Å². The van der Waals surface area contributed by atoms with E-state index in [0.29, 0.717) is 4.47 Å². The van der Waals surface area contributed by atoms with Crippen LogP contribution >= 0.6 is 15.9 Å². The number of ether oxygens (including phenoxy) is 2. The van der Waals surface area contributed by atoms with E-state index in [4.69, 9.17) is 4.74 Å². The van der Waals surface area contributed by atoms with Crippen LogP contribution in [0.3, 0.4) is 0 Å². The van der Waals surface area contributed by atoms with Crippen LogP contribution in [0.5, 0.6) is 5.75 Å². The van der Waals surface area contributed by atoms with Gasteiger partial charge in [0.25, 0.3) is 0 Å². The zero-order valence-electron chi connectivity index (χ0n) is 9.01. The molecule has 1 aromatic rings. The summed E-state index contributed by atoms with van der Waals surface area (Å²) in [6.45, 7) is 1.55. The molecule has 0 heterocycles. The van der Waals surface area contributed by atoms with Crippen molar-refractivity contribution in [2.75, 3.05) is 13.2 Å². The predicted octanol–water partition coefficient (Wildman–Crippen LogP) is 2.30. The Balaban J connectivity index is 2.78. The molecule has 0 spiro atoms. The van der Waals surface area contributed by atoms with Crippen LogP contribution < -0.4 is 4.74 Å². The molecule has 0 N–H and O–H groups in total. The van der Waals surface area contributed by atoms with Gasteiger partial charge in [0.15, 0.2) is 12.4 Å². The number of esters is 1. The van der Waals surface area contributed by atoms with E-state index in [-0.39, 0.29) is 24.7 Å². The van der Waals surface area contributed by atoms with Gasteiger partial charge in [-0.05, 0) is 13.0 Å². The maximum Gasteiger partial charge on any atom is 0.344 e. The van der Waals surface area contributed by atoms with Gasteiger partial charge in [0.1, 0.15) is 0 Å². The second kappa shape index (κ2) is 6.19. The summed E-state index contributed by atoms with van der Waals surface area (Å²) < 4.78 is 10.3. The number of rotatable bonds is 5. The molecule has 17 heavy (non-hydrogen) atoms. The fourth-order valence-electron chi connectivity index (χ4n) is 1.09. The minimum Gasteiger partial charge on any atom is -0.475 e. The van der Waals surface area contributed by atoms with Crippen molar-refractivity contribution in [3.63, 3.8) is 0 Å². The molecule has 1 rings (SSSR count). The summed E-state index contributed by atoms with van der Waals surface area (Å²) in [6.07, 6.45) is 0. The molecule has 0 aliphatic heterocycles. The molecule has 7 heteroatoms. The lowest BCUT2D eigenvalue weighted by Crippen LogP contribution is -2.15. The third-order valence-electron chi connectivity index (χ3n) is 1.77. The Labute approximate surface area is 106 Å². The summed E-state index contributed by atoms with van der Waals surface area (Å²) in [5.41, 5.74) is -0.197. The molecular weight excluding hydrogens is 294 g/mol. The summed E-state index contributed by atoms with van der Waals surface area (Å²) in [4.78, 5) is 21.2. The third-order valence-corrected chi connectivity index (χ3v) is 2.26. The van der Waals surface area contributed by atoms with Gasteiger partial charge in [-0.1, -0.05) is 15.9 Å². The van der Waals surface area contributed by atoms with Gasteiger partial charge in [-0.25, -0.2) is 4.79 Å². The number of benzene rings is 1. The van der Waals surface area contributed by atoms with Crippen molar-refractivity contribution in [1.29, 1.82) is 0 Å². The Hall–Kier alpha value is -1.63. The second-order valence-corrected chi connectivity index (χ2v) is 3.88. The average Bonchev–Trinajstić information content (AvgIpc) is 2.26. The lowest BCUT2D eigenvalue weighted by Gasteiger charge is -2.06. The summed E-state index contributed by atoms with van der Waals surface area (Å²) in [5.74, 6) is -0.542. The van der Waals surface area contributed by atoms with Gasteiger partial charge in [0.2, 0.25) is 0 Å². The van der Waals surface area contributed by atoms with Gasteiger partial charge in [-0.2, -0.15) is 0 Å². The second-order valence-electron chi connectivity index (χ2n) is 2.96. The summed E-state index contributed by atoms with van der Waals surface area (Å²) in [6, 6.07) is 4.25. The zero-order valence-corrected chi connectivity index (χ0v) is 10.6. The van der Waals surface area contributed by atoms with E-state index < -0.39 is 10.9 Å². The van der Waals surface area contributed by atoms with Crippen molar-refractivity contribution >= 4 is 27.6 Å². The molecule has 92 valence electrons. The van der Waals surface area contributed by atoms with Gasteiger partial charge in [-0.15, -0.1) is 0 Å². The van der Waals surface area contributed by atoms with Crippen LogP contribution in [-0.2, 0) is 9.53 Å². The minimum atomic E-state index is -0.576. The van der Waals surface area contributed by atoms with E-state index in [0.717, 1.165) is 0 Å². The van der Waals surface area contributed by atoms with Gasteiger partial charge in [0, 0.05) is 16.6 Å². The number of carbonyl (C=O) groups is 1. The quantitative estimate of drug-likeness (QED) is 0.474. The minimum absolute atomic E-state index is 0.0254. The highest BCUT2D eigenvalue weighted by atomic mass is 79.9. The van der Waals surface area contributed by atoms with Crippen molar-refractivity contribution in [3.05, 3.63) is 32.8 Å². The number of hydrogen-bond donors (Lipinski definition) is 0. The molecule has 0 unspecified atom stereocenters. The molecule has 0 aliphatic carbocycles. The molecule has 0 aliphatic rings. The first kappa shape index (κ1) is 13.4. The van der Waals surface area contributed by atoms with Crippen LogP contribution in [0, 0.1) is 10.1 Å². The van der Waals surface area contributed by atoms with Gasteiger partial charge in [0.05, 0.1) is 11.5 Å². The smallest absolute Gasteiger partial charge is 0.344 e. The molecule has 0 saturated heterocycles.